The highest BCUT2D eigenvalue weighted by Gasteiger charge is 2.42. The van der Waals surface area contributed by atoms with Crippen molar-refractivity contribution in [2.24, 2.45) is 11.3 Å². The van der Waals surface area contributed by atoms with E-state index in [2.05, 4.69) is 55.0 Å². The summed E-state index contributed by atoms with van der Waals surface area (Å²) < 4.78 is 21.4. The number of phenolic OH excluding ortho intramolecular Hbond substituents is 1. The third-order valence-electron chi connectivity index (χ3n) is 12.2. The van der Waals surface area contributed by atoms with Crippen molar-refractivity contribution in [3.8, 4) is 28.1 Å². The summed E-state index contributed by atoms with van der Waals surface area (Å²) in [5.41, 5.74) is 10.1. The van der Waals surface area contributed by atoms with Crippen LogP contribution in [0.1, 0.15) is 76.3 Å². The number of rotatable bonds is 6. The van der Waals surface area contributed by atoms with E-state index in [0.717, 1.165) is 57.4 Å². The maximum absolute atomic E-state index is 14.9. The van der Waals surface area contributed by atoms with Gasteiger partial charge >= 0.3 is 12.0 Å². The van der Waals surface area contributed by atoms with E-state index in [1.165, 1.54) is 5.01 Å². The molecule has 3 aliphatic heterocycles. The van der Waals surface area contributed by atoms with Crippen LogP contribution in [-0.4, -0.2) is 112 Å². The van der Waals surface area contributed by atoms with E-state index in [0.29, 0.717) is 64.2 Å². The molecular formula is C46H57N6O7+. The highest BCUT2D eigenvalue weighted by Crippen LogP contribution is 2.42. The molecule has 13 nitrogen and oxygen atoms in total. The predicted octanol–water partition coefficient (Wildman–Crippen LogP) is 6.28. The second kappa shape index (κ2) is 16.9. The fourth-order valence-corrected chi connectivity index (χ4v) is 8.84. The number of esters is 1. The minimum atomic E-state index is -0.945. The number of methoxy groups -OCH3 is 1. The smallest absolute Gasteiger partial charge is 0.493 e. The standard InChI is InChI=1S/C46H56N6O7/c1-6-50-39-14-13-32-25-36(39)37(42(50)35-9-7-15-47-41(35)29(2)57-5)26-46(3,4)28-59-44(55)38-10-8-16-52(48-38)43(54)40(23-31-21-33(32)24-34(53)22-31)51(27-30-11-12-30)45(56)49-17-19-58-20-18-49/h7,9,13-15,21-22,24-25,27,29-30,38,40,48H,6,8,10-12,16-20,23,26,28H2,1-5H3/p+1/b51-27+/t29-,38-,40-/m0/s1. The quantitative estimate of drug-likeness (QED) is 0.131. The molecule has 59 heavy (non-hydrogen) atoms. The fraction of sp³-hybridized carbons (Fsp3) is 0.500. The molecular weight excluding hydrogens is 749 g/mol. The zero-order valence-corrected chi connectivity index (χ0v) is 34.9. The van der Waals surface area contributed by atoms with E-state index in [1.54, 1.807) is 34.9 Å². The molecule has 5 heterocycles. The summed E-state index contributed by atoms with van der Waals surface area (Å²) in [6.07, 6.45) is 7.16. The zero-order valence-electron chi connectivity index (χ0n) is 34.9. The van der Waals surface area contributed by atoms with Gasteiger partial charge in [0.05, 0.1) is 43.5 Å². The number of aromatic hydroxyl groups is 1. The topological polar surface area (TPSA) is 138 Å². The van der Waals surface area contributed by atoms with Gasteiger partial charge in [-0.05, 0) is 105 Å². The Morgan fingerprint density at radius 2 is 1.88 bits per heavy atom. The molecule has 1 aliphatic carbocycles. The Morgan fingerprint density at radius 3 is 2.63 bits per heavy atom. The molecule has 4 aliphatic rings. The second-order valence-corrected chi connectivity index (χ2v) is 17.3. The van der Waals surface area contributed by atoms with Crippen LogP contribution < -0.4 is 5.43 Å². The summed E-state index contributed by atoms with van der Waals surface area (Å²) in [6, 6.07) is 14.0. The number of aryl methyl sites for hydroxylation is 1. The summed E-state index contributed by atoms with van der Waals surface area (Å²) >= 11 is 0. The number of fused-ring (bicyclic) bond motifs is 6. The number of benzene rings is 2. The number of morpholine rings is 1. The van der Waals surface area contributed by atoms with Crippen LogP contribution in [0.25, 0.3) is 33.3 Å². The molecule has 2 saturated heterocycles. The first-order chi connectivity index (χ1) is 28.4. The number of urea groups is 1. The minimum absolute atomic E-state index is 0.0658. The lowest BCUT2D eigenvalue weighted by Gasteiger charge is -2.35. The van der Waals surface area contributed by atoms with Gasteiger partial charge in [-0.1, -0.05) is 26.0 Å². The number of hydrogen-bond donors (Lipinski definition) is 2. The van der Waals surface area contributed by atoms with E-state index >= 15 is 0 Å². The van der Waals surface area contributed by atoms with Gasteiger partial charge < -0.3 is 23.9 Å². The Labute approximate surface area is 345 Å². The normalized spacial score (nSPS) is 22.2. The third kappa shape index (κ3) is 8.51. The number of ether oxygens (including phenoxy) is 3. The number of hydrazine groups is 1. The van der Waals surface area contributed by atoms with Crippen molar-refractivity contribution < 1.29 is 38.3 Å². The van der Waals surface area contributed by atoms with Crippen LogP contribution in [0, 0.1) is 11.3 Å². The van der Waals surface area contributed by atoms with E-state index in [4.69, 9.17) is 19.2 Å². The van der Waals surface area contributed by atoms with Crippen LogP contribution in [-0.2, 0) is 43.2 Å². The van der Waals surface area contributed by atoms with Crippen molar-refractivity contribution in [2.45, 2.75) is 91.0 Å². The first-order valence-corrected chi connectivity index (χ1v) is 21.1. The Bertz CT molecular complexity index is 2270. The molecule has 13 heteroatoms. The Morgan fingerprint density at radius 1 is 1.08 bits per heavy atom. The van der Waals surface area contributed by atoms with E-state index < -0.39 is 23.5 Å². The molecule has 0 unspecified atom stereocenters. The van der Waals surface area contributed by atoms with E-state index in [9.17, 15) is 19.5 Å². The lowest BCUT2D eigenvalue weighted by atomic mass is 9.84. The molecule has 312 valence electrons. The number of cyclic esters (lactones) is 1. The van der Waals surface area contributed by atoms with Crippen molar-refractivity contribution in [2.75, 3.05) is 46.6 Å². The fourth-order valence-electron chi connectivity index (χ4n) is 8.84. The molecule has 3 atom stereocenters. The number of carbonyl (C=O) groups is 3. The zero-order chi connectivity index (χ0) is 41.4. The van der Waals surface area contributed by atoms with Gasteiger partial charge in [-0.2, -0.15) is 9.37 Å². The maximum atomic E-state index is 14.9. The summed E-state index contributed by atoms with van der Waals surface area (Å²) in [5, 5.41) is 13.9. The van der Waals surface area contributed by atoms with Crippen molar-refractivity contribution in [1.29, 1.82) is 0 Å². The molecule has 0 radical (unpaired) electrons. The summed E-state index contributed by atoms with van der Waals surface area (Å²) in [4.78, 5) is 49.7. The van der Waals surface area contributed by atoms with Crippen molar-refractivity contribution in [3.05, 3.63) is 71.5 Å². The van der Waals surface area contributed by atoms with Crippen molar-refractivity contribution in [1.82, 2.24) is 24.9 Å². The summed E-state index contributed by atoms with van der Waals surface area (Å²) in [7, 11) is 1.69. The number of phenols is 1. The van der Waals surface area contributed by atoms with Crippen LogP contribution in [0.2, 0.25) is 0 Å². The first-order valence-electron chi connectivity index (χ1n) is 21.1. The van der Waals surface area contributed by atoms with E-state index in [-0.39, 0.29) is 42.7 Å². The van der Waals surface area contributed by atoms with Gasteiger partial charge in [0.15, 0.2) is 6.04 Å². The molecule has 8 rings (SSSR count). The van der Waals surface area contributed by atoms with Gasteiger partial charge in [0.2, 0.25) is 0 Å². The van der Waals surface area contributed by atoms with Crippen LogP contribution in [0.3, 0.4) is 0 Å². The van der Waals surface area contributed by atoms with Crippen LogP contribution in [0.4, 0.5) is 4.79 Å². The van der Waals surface area contributed by atoms with Crippen LogP contribution in [0.5, 0.6) is 5.75 Å². The molecule has 2 aromatic heterocycles. The number of nitrogens with zero attached hydrogens (tertiary/aromatic N) is 5. The minimum Gasteiger partial charge on any atom is -0.508 e. The largest absolute Gasteiger partial charge is 0.508 e. The highest BCUT2D eigenvalue weighted by atomic mass is 16.5. The van der Waals surface area contributed by atoms with Crippen molar-refractivity contribution >= 4 is 35.0 Å². The molecule has 6 bridgehead atoms. The molecule has 3 fully saturated rings. The molecule has 3 amide bonds. The average molecular weight is 806 g/mol. The Balaban J connectivity index is 1.30. The monoisotopic (exact) mass is 805 g/mol. The van der Waals surface area contributed by atoms with Gasteiger partial charge in [0.1, 0.15) is 24.9 Å². The highest BCUT2D eigenvalue weighted by molar-refractivity contribution is 5.95. The number of aromatic nitrogens is 2. The molecule has 4 aromatic rings. The van der Waals surface area contributed by atoms with Gasteiger partial charge in [-0.3, -0.25) is 19.6 Å². The lowest BCUT2D eigenvalue weighted by molar-refractivity contribution is -0.465. The number of amides is 3. The van der Waals surface area contributed by atoms with Gasteiger partial charge in [-0.15, -0.1) is 0 Å². The van der Waals surface area contributed by atoms with Crippen LogP contribution >= 0.6 is 0 Å². The molecule has 2 aromatic carbocycles. The third-order valence-corrected chi connectivity index (χ3v) is 12.2. The van der Waals surface area contributed by atoms with Gasteiger partial charge in [-0.25, -0.2) is 10.3 Å². The van der Waals surface area contributed by atoms with Gasteiger partial charge in [0, 0.05) is 60.6 Å². The van der Waals surface area contributed by atoms with Gasteiger partial charge in [0.25, 0.3) is 5.91 Å². The maximum Gasteiger partial charge on any atom is 0.493 e. The second-order valence-electron chi connectivity index (χ2n) is 17.3. The number of nitrogens with one attached hydrogen (secondary N) is 1. The lowest BCUT2D eigenvalue weighted by Crippen LogP contribution is -2.61. The molecule has 2 N–H and O–H groups in total. The summed E-state index contributed by atoms with van der Waals surface area (Å²) in [5.74, 6) is -0.484. The predicted molar refractivity (Wildman–Crippen MR) is 224 cm³/mol. The molecule has 1 saturated carbocycles. The van der Waals surface area contributed by atoms with Crippen LogP contribution in [0.15, 0.2) is 54.7 Å². The molecule has 0 spiro atoms. The van der Waals surface area contributed by atoms with Crippen molar-refractivity contribution in [3.63, 3.8) is 0 Å². The SMILES string of the molecule is CCn1c(-c2cccnc2[C@H](C)OC)c2c3cc(ccc31)-c1cc(O)cc(c1)C[C@H](/[N+](=C\C1CC1)C(=O)N1CCOCC1)C(=O)N1CCC[C@H](N1)C(=O)OCC(C)(C)C2. The average Bonchev–Trinajstić information content (AvgIpc) is 4.03. The Hall–Kier alpha value is -5.11. The number of carbonyl (C=O) groups excluding carboxylic acids is 3. The van der Waals surface area contributed by atoms with E-state index in [1.807, 2.05) is 25.3 Å². The Kier molecular flexibility index (Phi) is 11.6. The number of pyridine rings is 1. The first kappa shape index (κ1) is 40.7. The number of hydrogen-bond acceptors (Lipinski definition) is 9. The summed E-state index contributed by atoms with van der Waals surface area (Å²) in [6.45, 7) is 11.3.